The molecule has 0 bridgehead atoms. The predicted octanol–water partition coefficient (Wildman–Crippen LogP) is 3.74. The summed E-state index contributed by atoms with van der Waals surface area (Å²) < 4.78 is 5.65. The lowest BCUT2D eigenvalue weighted by atomic mass is 9.99. The Morgan fingerprint density at radius 2 is 2.06 bits per heavy atom. The number of hydrogen-bond acceptors (Lipinski definition) is 4. The average Bonchev–Trinajstić information content (AvgIpc) is 3.51. The summed E-state index contributed by atoms with van der Waals surface area (Å²) in [5.74, 6) is 0.975. The Labute approximate surface area is 200 Å². The number of nitrogens with one attached hydrogen (secondary N) is 2. The van der Waals surface area contributed by atoms with Crippen LogP contribution in [0, 0.1) is 0 Å². The van der Waals surface area contributed by atoms with Crippen LogP contribution in [0.15, 0.2) is 48.5 Å². The normalized spacial score (nSPS) is 19.9. The Balaban J connectivity index is 1.11. The molecule has 1 fully saturated rings. The maximum Gasteiger partial charge on any atom is 0.317 e. The number of carbonyl (C=O) groups is 1. The van der Waals surface area contributed by atoms with Gasteiger partial charge in [0.1, 0.15) is 5.75 Å². The maximum absolute atomic E-state index is 13.2. The SMILES string of the molecule is O=C(NC1CCCN(Cc2ccccc2)C1)N1CCc2[nH]nc(-c3ccc4c(c3)CCO4)c2C1. The van der Waals surface area contributed by atoms with Gasteiger partial charge in [0.15, 0.2) is 0 Å². The molecule has 1 saturated heterocycles. The van der Waals surface area contributed by atoms with Crippen LogP contribution >= 0.6 is 0 Å². The summed E-state index contributed by atoms with van der Waals surface area (Å²) in [7, 11) is 0. The number of nitrogens with zero attached hydrogens (tertiary/aromatic N) is 3. The number of amides is 2. The number of carbonyl (C=O) groups excluding carboxylic acids is 1. The first kappa shape index (κ1) is 21.2. The Hall–Kier alpha value is -3.32. The Morgan fingerprint density at radius 3 is 2.97 bits per heavy atom. The zero-order valence-corrected chi connectivity index (χ0v) is 19.4. The summed E-state index contributed by atoms with van der Waals surface area (Å²) in [5.41, 5.74) is 6.87. The third-order valence-corrected chi connectivity index (χ3v) is 7.27. The lowest BCUT2D eigenvalue weighted by Gasteiger charge is -2.35. The van der Waals surface area contributed by atoms with Crippen LogP contribution in [0.5, 0.6) is 5.75 Å². The first-order chi connectivity index (χ1) is 16.7. The highest BCUT2D eigenvalue weighted by Crippen LogP contribution is 2.33. The van der Waals surface area contributed by atoms with Gasteiger partial charge in [-0.05, 0) is 48.7 Å². The van der Waals surface area contributed by atoms with Crippen LogP contribution in [0.4, 0.5) is 4.79 Å². The van der Waals surface area contributed by atoms with E-state index in [1.165, 1.54) is 11.1 Å². The van der Waals surface area contributed by atoms with Crippen molar-refractivity contribution in [2.75, 3.05) is 26.2 Å². The van der Waals surface area contributed by atoms with Gasteiger partial charge in [0.25, 0.3) is 0 Å². The summed E-state index contributed by atoms with van der Waals surface area (Å²) in [4.78, 5) is 17.6. The van der Waals surface area contributed by atoms with Crippen LogP contribution in [0.3, 0.4) is 0 Å². The molecule has 3 aliphatic rings. The van der Waals surface area contributed by atoms with Crippen molar-refractivity contribution in [3.05, 3.63) is 70.9 Å². The number of rotatable bonds is 4. The molecule has 176 valence electrons. The van der Waals surface area contributed by atoms with Crippen molar-refractivity contribution in [3.8, 4) is 17.0 Å². The van der Waals surface area contributed by atoms with E-state index in [0.29, 0.717) is 13.1 Å². The number of benzene rings is 2. The summed E-state index contributed by atoms with van der Waals surface area (Å²) in [6.07, 6.45) is 3.88. The van der Waals surface area contributed by atoms with Crippen molar-refractivity contribution < 1.29 is 9.53 Å². The van der Waals surface area contributed by atoms with Crippen molar-refractivity contribution in [1.82, 2.24) is 25.3 Å². The lowest BCUT2D eigenvalue weighted by Crippen LogP contribution is -2.52. The van der Waals surface area contributed by atoms with Crippen LogP contribution in [-0.2, 0) is 25.9 Å². The van der Waals surface area contributed by atoms with E-state index in [9.17, 15) is 4.79 Å². The number of H-pyrrole nitrogens is 1. The first-order valence-electron chi connectivity index (χ1n) is 12.4. The highest BCUT2D eigenvalue weighted by molar-refractivity contribution is 5.76. The van der Waals surface area contributed by atoms with Gasteiger partial charge < -0.3 is 15.0 Å². The molecule has 0 spiro atoms. The smallest absolute Gasteiger partial charge is 0.317 e. The van der Waals surface area contributed by atoms with E-state index in [-0.39, 0.29) is 12.1 Å². The fourth-order valence-electron chi connectivity index (χ4n) is 5.47. The largest absolute Gasteiger partial charge is 0.493 e. The molecule has 6 rings (SSSR count). The van der Waals surface area contributed by atoms with Crippen LogP contribution in [0.25, 0.3) is 11.3 Å². The summed E-state index contributed by atoms with van der Waals surface area (Å²) in [6.45, 7) is 4.95. The van der Waals surface area contributed by atoms with E-state index in [2.05, 4.69) is 62.9 Å². The summed E-state index contributed by atoms with van der Waals surface area (Å²) in [6, 6.07) is 17.1. The number of fused-ring (bicyclic) bond motifs is 2. The van der Waals surface area contributed by atoms with Crippen molar-refractivity contribution in [2.24, 2.45) is 0 Å². The lowest BCUT2D eigenvalue weighted by molar-refractivity contribution is 0.160. The fourth-order valence-corrected chi connectivity index (χ4v) is 5.47. The van der Waals surface area contributed by atoms with E-state index >= 15 is 0 Å². The van der Waals surface area contributed by atoms with Gasteiger partial charge in [-0.15, -0.1) is 0 Å². The van der Waals surface area contributed by atoms with Crippen LogP contribution in [0.2, 0.25) is 0 Å². The van der Waals surface area contributed by atoms with E-state index in [1.54, 1.807) is 0 Å². The number of piperidine rings is 1. The van der Waals surface area contributed by atoms with Crippen molar-refractivity contribution in [1.29, 1.82) is 0 Å². The topological polar surface area (TPSA) is 73.5 Å². The third-order valence-electron chi connectivity index (χ3n) is 7.27. The van der Waals surface area contributed by atoms with Gasteiger partial charge in [0.2, 0.25) is 0 Å². The number of ether oxygens (including phenoxy) is 1. The molecule has 1 unspecified atom stereocenters. The Morgan fingerprint density at radius 1 is 1.15 bits per heavy atom. The summed E-state index contributed by atoms with van der Waals surface area (Å²) >= 11 is 0. The second-order valence-corrected chi connectivity index (χ2v) is 9.63. The minimum atomic E-state index is 0.0340. The second-order valence-electron chi connectivity index (χ2n) is 9.63. The molecule has 3 aromatic rings. The third kappa shape index (κ3) is 4.28. The zero-order valence-electron chi connectivity index (χ0n) is 19.4. The number of aromatic amines is 1. The van der Waals surface area contributed by atoms with Crippen molar-refractivity contribution in [2.45, 2.75) is 44.8 Å². The standard InChI is InChI=1S/C27H31N5O2/c33-27(28-22-7-4-12-31(17-22)16-19-5-2-1-3-6-19)32-13-10-24-23(18-32)26(30-29-24)21-8-9-25-20(15-21)11-14-34-25/h1-3,5-6,8-9,15,22H,4,7,10-14,16-18H2,(H,28,33)(H,29,30). The van der Waals surface area contributed by atoms with Crippen LogP contribution in [0.1, 0.15) is 35.2 Å². The van der Waals surface area contributed by atoms with Crippen molar-refractivity contribution in [3.63, 3.8) is 0 Å². The molecule has 2 amide bonds. The van der Waals surface area contributed by atoms with Crippen LogP contribution in [-0.4, -0.2) is 58.3 Å². The van der Waals surface area contributed by atoms with Gasteiger partial charge in [0.05, 0.1) is 18.8 Å². The van der Waals surface area contributed by atoms with Crippen LogP contribution < -0.4 is 10.1 Å². The Kier molecular flexibility index (Phi) is 5.71. The number of likely N-dealkylation sites (tertiary alicyclic amines) is 1. The molecule has 7 nitrogen and oxygen atoms in total. The minimum absolute atomic E-state index is 0.0340. The molecule has 34 heavy (non-hydrogen) atoms. The van der Waals surface area contributed by atoms with E-state index in [0.717, 1.165) is 80.2 Å². The van der Waals surface area contributed by atoms with Gasteiger partial charge in [-0.2, -0.15) is 5.10 Å². The predicted molar refractivity (Wildman–Crippen MR) is 131 cm³/mol. The van der Waals surface area contributed by atoms with E-state index < -0.39 is 0 Å². The monoisotopic (exact) mass is 457 g/mol. The van der Waals surface area contributed by atoms with E-state index in [1.807, 2.05) is 11.0 Å². The zero-order chi connectivity index (χ0) is 22.9. The summed E-state index contributed by atoms with van der Waals surface area (Å²) in [5, 5.41) is 11.2. The molecular weight excluding hydrogens is 426 g/mol. The molecule has 0 radical (unpaired) electrons. The molecule has 1 aromatic heterocycles. The van der Waals surface area contributed by atoms with Gasteiger partial charge in [-0.25, -0.2) is 4.79 Å². The average molecular weight is 458 g/mol. The van der Waals surface area contributed by atoms with Gasteiger partial charge in [-0.3, -0.25) is 10.00 Å². The molecule has 2 aromatic carbocycles. The quantitative estimate of drug-likeness (QED) is 0.626. The van der Waals surface area contributed by atoms with Gasteiger partial charge in [-0.1, -0.05) is 30.3 Å². The highest BCUT2D eigenvalue weighted by Gasteiger charge is 2.29. The van der Waals surface area contributed by atoms with Crippen molar-refractivity contribution >= 4 is 6.03 Å². The molecular formula is C27H31N5O2. The second kappa shape index (κ2) is 9.14. The van der Waals surface area contributed by atoms with Gasteiger partial charge >= 0.3 is 6.03 Å². The highest BCUT2D eigenvalue weighted by atomic mass is 16.5. The van der Waals surface area contributed by atoms with E-state index in [4.69, 9.17) is 4.74 Å². The fraction of sp³-hybridized carbons (Fsp3) is 0.407. The molecule has 1 atom stereocenters. The minimum Gasteiger partial charge on any atom is -0.493 e. The Bertz CT molecular complexity index is 1180. The van der Waals surface area contributed by atoms with Gasteiger partial charge in [0, 0.05) is 55.3 Å². The molecule has 7 heteroatoms. The number of hydrogen-bond donors (Lipinski definition) is 2. The molecule has 0 aliphatic carbocycles. The first-order valence-corrected chi connectivity index (χ1v) is 12.4. The molecule has 4 heterocycles. The maximum atomic E-state index is 13.2. The number of aromatic nitrogens is 2. The molecule has 0 saturated carbocycles. The molecule has 2 N–H and O–H groups in total. The molecule has 3 aliphatic heterocycles. The number of urea groups is 1.